The molecular formula is C9H9FO. The molecule has 1 heterocycles. The Labute approximate surface area is 64.8 Å². The van der Waals surface area contributed by atoms with Crippen LogP contribution in [-0.2, 0) is 4.74 Å². The first kappa shape index (κ1) is 6.80. The van der Waals surface area contributed by atoms with Crippen molar-refractivity contribution in [2.45, 2.75) is 12.3 Å². The second kappa shape index (κ2) is 2.62. The molecule has 2 heteroatoms. The van der Waals surface area contributed by atoms with Crippen molar-refractivity contribution in [1.29, 1.82) is 0 Å². The molecular weight excluding hydrogens is 143 g/mol. The second-order valence-corrected chi connectivity index (χ2v) is 2.68. The van der Waals surface area contributed by atoms with E-state index in [0.717, 1.165) is 5.56 Å². The lowest BCUT2D eigenvalue weighted by molar-refractivity contribution is 0.253. The first-order valence-electron chi connectivity index (χ1n) is 3.68. The van der Waals surface area contributed by atoms with Crippen LogP contribution in [0.1, 0.15) is 11.7 Å². The molecule has 0 saturated carbocycles. The van der Waals surface area contributed by atoms with Crippen molar-refractivity contribution >= 4 is 0 Å². The lowest BCUT2D eigenvalue weighted by Crippen LogP contribution is -1.98. The van der Waals surface area contributed by atoms with Crippen LogP contribution in [0, 0.1) is 0 Å². The van der Waals surface area contributed by atoms with Crippen LogP contribution in [0.2, 0.25) is 0 Å². The van der Waals surface area contributed by atoms with Crippen LogP contribution in [0.5, 0.6) is 0 Å². The minimum absolute atomic E-state index is 0.183. The quantitative estimate of drug-likeness (QED) is 0.591. The molecule has 2 rings (SSSR count). The average molecular weight is 152 g/mol. The van der Waals surface area contributed by atoms with Gasteiger partial charge in [0.1, 0.15) is 6.10 Å². The summed E-state index contributed by atoms with van der Waals surface area (Å²) in [6, 6.07) is 9.12. The molecule has 1 aliphatic heterocycles. The Morgan fingerprint density at radius 2 is 2.00 bits per heavy atom. The third-order valence-electron chi connectivity index (χ3n) is 1.80. The Kier molecular flexibility index (Phi) is 1.62. The van der Waals surface area contributed by atoms with Crippen molar-refractivity contribution in [3.05, 3.63) is 35.9 Å². The lowest BCUT2D eigenvalue weighted by atomic mass is 10.1. The van der Waals surface area contributed by atoms with Crippen LogP contribution in [0.3, 0.4) is 0 Å². The van der Waals surface area contributed by atoms with Crippen LogP contribution < -0.4 is 0 Å². The van der Waals surface area contributed by atoms with Crippen molar-refractivity contribution in [2.75, 3.05) is 6.61 Å². The molecule has 0 bridgehead atoms. The number of hydrogen-bond acceptors (Lipinski definition) is 1. The summed E-state index contributed by atoms with van der Waals surface area (Å²) >= 11 is 0. The van der Waals surface area contributed by atoms with Crippen molar-refractivity contribution in [3.8, 4) is 0 Å². The van der Waals surface area contributed by atoms with E-state index in [1.807, 2.05) is 18.2 Å². The Morgan fingerprint density at radius 3 is 2.55 bits per heavy atom. The minimum atomic E-state index is -0.934. The summed E-state index contributed by atoms with van der Waals surface area (Å²) in [5, 5.41) is 0. The van der Waals surface area contributed by atoms with Gasteiger partial charge >= 0.3 is 0 Å². The normalized spacial score (nSPS) is 24.6. The van der Waals surface area contributed by atoms with E-state index in [2.05, 4.69) is 0 Å². The fourth-order valence-electron chi connectivity index (χ4n) is 1.08. The number of ether oxygens (including phenoxy) is 1. The average Bonchev–Trinajstić information content (AvgIpc) is 2.87. The van der Waals surface area contributed by atoms with Gasteiger partial charge in [-0.3, -0.25) is 0 Å². The van der Waals surface area contributed by atoms with Crippen molar-refractivity contribution in [1.82, 2.24) is 0 Å². The van der Waals surface area contributed by atoms with E-state index in [9.17, 15) is 4.39 Å². The van der Waals surface area contributed by atoms with Gasteiger partial charge in [0.2, 0.25) is 0 Å². The minimum Gasteiger partial charge on any atom is -0.370 e. The third-order valence-corrected chi connectivity index (χ3v) is 1.80. The van der Waals surface area contributed by atoms with Gasteiger partial charge in [-0.15, -0.1) is 0 Å². The number of hydrogen-bond donors (Lipinski definition) is 0. The molecule has 0 spiro atoms. The van der Waals surface area contributed by atoms with E-state index in [4.69, 9.17) is 4.74 Å². The molecule has 1 saturated heterocycles. The summed E-state index contributed by atoms with van der Waals surface area (Å²) in [6.07, 6.45) is -1.12. The maximum absolute atomic E-state index is 13.2. The maximum atomic E-state index is 13.2. The smallest absolute Gasteiger partial charge is 0.153 e. The number of epoxide rings is 1. The molecule has 1 nitrogen and oxygen atoms in total. The number of alkyl halides is 1. The van der Waals surface area contributed by atoms with Crippen molar-refractivity contribution < 1.29 is 9.13 Å². The predicted octanol–water partition coefficient (Wildman–Crippen LogP) is 2.10. The molecule has 0 amide bonds. The molecule has 11 heavy (non-hydrogen) atoms. The molecule has 1 aromatic carbocycles. The summed E-state index contributed by atoms with van der Waals surface area (Å²) < 4.78 is 18.0. The lowest BCUT2D eigenvalue weighted by Gasteiger charge is -2.02. The van der Waals surface area contributed by atoms with Gasteiger partial charge in [-0.05, 0) is 5.56 Å². The molecule has 0 aromatic heterocycles. The van der Waals surface area contributed by atoms with E-state index in [1.54, 1.807) is 12.1 Å². The Hall–Kier alpha value is -0.890. The summed E-state index contributed by atoms with van der Waals surface area (Å²) in [5.41, 5.74) is 0.718. The van der Waals surface area contributed by atoms with Gasteiger partial charge in [-0.2, -0.15) is 0 Å². The first-order valence-corrected chi connectivity index (χ1v) is 3.68. The Morgan fingerprint density at radius 1 is 1.36 bits per heavy atom. The van der Waals surface area contributed by atoms with Gasteiger partial charge in [-0.25, -0.2) is 4.39 Å². The van der Waals surface area contributed by atoms with Crippen molar-refractivity contribution in [3.63, 3.8) is 0 Å². The highest BCUT2D eigenvalue weighted by Gasteiger charge is 2.33. The topological polar surface area (TPSA) is 12.5 Å². The summed E-state index contributed by atoms with van der Waals surface area (Å²) in [6.45, 7) is 0.566. The zero-order valence-corrected chi connectivity index (χ0v) is 6.03. The molecule has 2 atom stereocenters. The zero-order valence-electron chi connectivity index (χ0n) is 6.03. The van der Waals surface area contributed by atoms with Gasteiger partial charge in [0, 0.05) is 0 Å². The Balaban J connectivity index is 2.15. The standard InChI is InChI=1S/C9H9FO/c10-9(8-6-11-8)7-4-2-1-3-5-7/h1-5,8-9H,6H2/t8-,9+/m0/s1. The van der Waals surface area contributed by atoms with Crippen LogP contribution in [-0.4, -0.2) is 12.7 Å². The molecule has 0 radical (unpaired) electrons. The van der Waals surface area contributed by atoms with Crippen molar-refractivity contribution in [2.24, 2.45) is 0 Å². The highest BCUT2D eigenvalue weighted by Crippen LogP contribution is 2.30. The summed E-state index contributed by atoms with van der Waals surface area (Å²) in [5.74, 6) is 0. The molecule has 1 aromatic rings. The van der Waals surface area contributed by atoms with E-state index in [0.29, 0.717) is 6.61 Å². The summed E-state index contributed by atoms with van der Waals surface area (Å²) in [7, 11) is 0. The third kappa shape index (κ3) is 1.40. The van der Waals surface area contributed by atoms with E-state index >= 15 is 0 Å². The summed E-state index contributed by atoms with van der Waals surface area (Å²) in [4.78, 5) is 0. The fourth-order valence-corrected chi connectivity index (χ4v) is 1.08. The van der Waals surface area contributed by atoms with Gasteiger partial charge in [0.15, 0.2) is 6.17 Å². The number of benzene rings is 1. The first-order chi connectivity index (χ1) is 5.38. The molecule has 1 fully saturated rings. The van der Waals surface area contributed by atoms with Crippen LogP contribution >= 0.6 is 0 Å². The Bertz CT molecular complexity index is 231. The van der Waals surface area contributed by atoms with E-state index in [-0.39, 0.29) is 6.10 Å². The van der Waals surface area contributed by atoms with Gasteiger partial charge in [0.25, 0.3) is 0 Å². The maximum Gasteiger partial charge on any atom is 0.153 e. The van der Waals surface area contributed by atoms with Gasteiger partial charge < -0.3 is 4.74 Å². The van der Waals surface area contributed by atoms with Gasteiger partial charge in [0.05, 0.1) is 6.61 Å². The number of halogens is 1. The van der Waals surface area contributed by atoms with E-state index < -0.39 is 6.17 Å². The highest BCUT2D eigenvalue weighted by atomic mass is 19.1. The largest absolute Gasteiger partial charge is 0.370 e. The number of rotatable bonds is 2. The molecule has 1 aliphatic rings. The SMILES string of the molecule is F[C@H](c1ccccc1)[C@@H]1CO1. The fraction of sp³-hybridized carbons (Fsp3) is 0.333. The molecule has 58 valence electrons. The van der Waals surface area contributed by atoms with Crippen LogP contribution in [0.15, 0.2) is 30.3 Å². The highest BCUT2D eigenvalue weighted by molar-refractivity contribution is 5.19. The molecule has 0 N–H and O–H groups in total. The van der Waals surface area contributed by atoms with Crippen LogP contribution in [0.4, 0.5) is 4.39 Å². The molecule has 0 unspecified atom stereocenters. The van der Waals surface area contributed by atoms with Crippen LogP contribution in [0.25, 0.3) is 0 Å². The monoisotopic (exact) mass is 152 g/mol. The zero-order chi connectivity index (χ0) is 7.68. The van der Waals surface area contributed by atoms with E-state index in [1.165, 1.54) is 0 Å². The molecule has 0 aliphatic carbocycles. The van der Waals surface area contributed by atoms with Gasteiger partial charge in [-0.1, -0.05) is 30.3 Å². The second-order valence-electron chi connectivity index (χ2n) is 2.68. The predicted molar refractivity (Wildman–Crippen MR) is 40.0 cm³/mol.